The van der Waals surface area contributed by atoms with Gasteiger partial charge in [0.2, 0.25) is 10.0 Å². The number of carbonyl (C=O) groups excluding carboxylic acids is 1. The summed E-state index contributed by atoms with van der Waals surface area (Å²) >= 11 is 0. The molecule has 150 valence electrons. The summed E-state index contributed by atoms with van der Waals surface area (Å²) in [6.45, 7) is 5.65. The number of fused-ring (bicyclic) bond motifs is 1. The number of carbonyl (C=O) groups is 1. The molecule has 3 aliphatic carbocycles. The predicted octanol–water partition coefficient (Wildman–Crippen LogP) is 3.18. The zero-order chi connectivity index (χ0) is 19.9. The molecule has 4 aliphatic rings. The summed E-state index contributed by atoms with van der Waals surface area (Å²) in [5.74, 6) is 0.849. The number of rotatable bonds is 5. The van der Waals surface area contributed by atoms with Gasteiger partial charge in [0.15, 0.2) is 0 Å². The van der Waals surface area contributed by atoms with E-state index in [-0.39, 0.29) is 4.90 Å². The van der Waals surface area contributed by atoms with Crippen molar-refractivity contribution in [2.75, 3.05) is 13.1 Å². The first kappa shape index (κ1) is 19.3. The highest BCUT2D eigenvalue weighted by atomic mass is 32.2. The number of sulfonamides is 1. The minimum Gasteiger partial charge on any atom is -0.267 e. The second-order valence-electron chi connectivity index (χ2n) is 8.58. The normalized spacial score (nSPS) is 26.7. The molecule has 5 rings (SSSR count). The Morgan fingerprint density at radius 1 is 1.29 bits per heavy atom. The Labute approximate surface area is 166 Å². The summed E-state index contributed by atoms with van der Waals surface area (Å²) in [4.78, 5) is 12.6. The van der Waals surface area contributed by atoms with Gasteiger partial charge in [-0.1, -0.05) is 26.0 Å². The van der Waals surface area contributed by atoms with Crippen molar-refractivity contribution in [3.05, 3.63) is 41.5 Å². The smallest absolute Gasteiger partial charge is 0.267 e. The summed E-state index contributed by atoms with van der Waals surface area (Å²) < 4.78 is 26.9. The molecule has 2 unspecified atom stereocenters. The number of nitrogens with zero attached hydrogens (tertiary/aromatic N) is 2. The van der Waals surface area contributed by atoms with E-state index in [9.17, 15) is 13.2 Å². The van der Waals surface area contributed by atoms with Crippen LogP contribution in [0.1, 0.15) is 49.9 Å². The summed E-state index contributed by atoms with van der Waals surface area (Å²) in [5, 5.41) is 4.13. The molecule has 1 N–H and O–H groups in total. The van der Waals surface area contributed by atoms with Crippen molar-refractivity contribution < 1.29 is 13.2 Å². The summed E-state index contributed by atoms with van der Waals surface area (Å²) in [6.07, 6.45) is 7.96. The van der Waals surface area contributed by atoms with Crippen LogP contribution in [0.15, 0.2) is 45.9 Å². The van der Waals surface area contributed by atoms with Crippen LogP contribution in [0, 0.1) is 17.3 Å². The van der Waals surface area contributed by atoms with E-state index in [2.05, 4.69) is 30.5 Å². The van der Waals surface area contributed by atoms with Crippen molar-refractivity contribution in [1.82, 2.24) is 9.73 Å². The highest BCUT2D eigenvalue weighted by molar-refractivity contribution is 7.89. The third-order valence-corrected chi connectivity index (χ3v) is 8.58. The average Bonchev–Trinajstić information content (AvgIpc) is 3.23. The van der Waals surface area contributed by atoms with Gasteiger partial charge < -0.3 is 0 Å². The topological polar surface area (TPSA) is 78.8 Å². The summed E-state index contributed by atoms with van der Waals surface area (Å²) in [7, 11) is -3.54. The average molecular weight is 402 g/mol. The van der Waals surface area contributed by atoms with Crippen LogP contribution >= 0.6 is 0 Å². The zero-order valence-electron chi connectivity index (χ0n) is 16.4. The van der Waals surface area contributed by atoms with E-state index in [4.69, 9.17) is 0 Å². The Balaban J connectivity index is 1.44. The molecule has 2 atom stereocenters. The van der Waals surface area contributed by atoms with Crippen molar-refractivity contribution in [2.24, 2.45) is 22.4 Å². The fourth-order valence-corrected chi connectivity index (χ4v) is 6.21. The van der Waals surface area contributed by atoms with Crippen LogP contribution in [0.4, 0.5) is 0 Å². The Kier molecular flexibility index (Phi) is 4.91. The minimum absolute atomic E-state index is 0.156. The van der Waals surface area contributed by atoms with Crippen molar-refractivity contribution in [2.45, 2.75) is 44.4 Å². The molecule has 7 heteroatoms. The highest BCUT2D eigenvalue weighted by Gasteiger charge is 2.50. The van der Waals surface area contributed by atoms with Crippen molar-refractivity contribution in [3.8, 4) is 0 Å². The maximum Gasteiger partial charge on any atom is 0.271 e. The molecule has 1 aromatic rings. The van der Waals surface area contributed by atoms with E-state index in [1.807, 2.05) is 0 Å². The monoisotopic (exact) mass is 401 g/mol. The molecule has 6 nitrogen and oxygen atoms in total. The van der Waals surface area contributed by atoms with Crippen LogP contribution in [0.2, 0.25) is 0 Å². The number of hydrogen-bond acceptors (Lipinski definition) is 4. The van der Waals surface area contributed by atoms with E-state index in [1.165, 1.54) is 28.4 Å². The molecule has 0 radical (unpaired) electrons. The van der Waals surface area contributed by atoms with Crippen molar-refractivity contribution in [3.63, 3.8) is 0 Å². The molecule has 1 amide bonds. The minimum atomic E-state index is -3.54. The van der Waals surface area contributed by atoms with Crippen LogP contribution in [0.3, 0.4) is 0 Å². The lowest BCUT2D eigenvalue weighted by atomic mass is 9.49. The van der Waals surface area contributed by atoms with Gasteiger partial charge in [0.25, 0.3) is 5.91 Å². The highest BCUT2D eigenvalue weighted by Crippen LogP contribution is 2.58. The van der Waals surface area contributed by atoms with Crippen molar-refractivity contribution in [1.29, 1.82) is 0 Å². The molecule has 1 saturated carbocycles. The van der Waals surface area contributed by atoms with Crippen LogP contribution in [0.5, 0.6) is 0 Å². The van der Waals surface area contributed by atoms with E-state index in [0.717, 1.165) is 25.2 Å². The summed E-state index contributed by atoms with van der Waals surface area (Å²) in [6, 6.07) is 6.17. The quantitative estimate of drug-likeness (QED) is 0.608. The predicted molar refractivity (Wildman–Crippen MR) is 108 cm³/mol. The molecule has 2 fully saturated rings. The molecule has 1 saturated heterocycles. The molecule has 0 spiro atoms. The third kappa shape index (κ3) is 3.31. The lowest BCUT2D eigenvalue weighted by molar-refractivity contribution is -0.00126. The van der Waals surface area contributed by atoms with Crippen LogP contribution in [0.25, 0.3) is 0 Å². The fourth-order valence-electron chi connectivity index (χ4n) is 4.65. The van der Waals surface area contributed by atoms with Gasteiger partial charge in [0.05, 0.1) is 11.1 Å². The first-order valence-corrected chi connectivity index (χ1v) is 11.4. The number of nitrogens with one attached hydrogen (secondary N) is 1. The van der Waals surface area contributed by atoms with Crippen LogP contribution in [-0.2, 0) is 10.0 Å². The molecule has 2 bridgehead atoms. The van der Waals surface area contributed by atoms with Gasteiger partial charge in [-0.05, 0) is 66.7 Å². The van der Waals surface area contributed by atoms with E-state index >= 15 is 0 Å². The van der Waals surface area contributed by atoms with Gasteiger partial charge in [-0.15, -0.1) is 0 Å². The zero-order valence-corrected chi connectivity index (χ0v) is 17.2. The molecule has 0 aromatic heterocycles. The first-order chi connectivity index (χ1) is 13.3. The fraction of sp³-hybridized carbons (Fsp3) is 0.524. The lowest BCUT2D eigenvalue weighted by Gasteiger charge is -2.55. The second kappa shape index (κ2) is 7.12. The molecular formula is C21H27N3O3S. The van der Waals surface area contributed by atoms with E-state index in [1.54, 1.807) is 18.3 Å². The van der Waals surface area contributed by atoms with Crippen molar-refractivity contribution >= 4 is 22.1 Å². The Hall–Kier alpha value is -1.99. The third-order valence-electron chi connectivity index (χ3n) is 6.69. The van der Waals surface area contributed by atoms with Gasteiger partial charge in [-0.2, -0.15) is 9.41 Å². The number of allylic oxidation sites excluding steroid dienone is 2. The molecule has 28 heavy (non-hydrogen) atoms. The standard InChI is InChI=1S/C21H27N3O3S/c1-21(2)17-9-8-16(19(21)13-17)14-22-23-20(25)15-6-5-7-18(12-15)28(26,27)24-10-3-4-11-24/h5-8,12,14,17,19H,3-4,9-11,13H2,1-2H3,(H,23,25). The van der Waals surface area contributed by atoms with Gasteiger partial charge in [0, 0.05) is 18.7 Å². The maximum absolute atomic E-state index is 12.7. The van der Waals surface area contributed by atoms with Gasteiger partial charge >= 0.3 is 0 Å². The molecule has 1 aliphatic heterocycles. The van der Waals surface area contributed by atoms with E-state index in [0.29, 0.717) is 30.0 Å². The largest absolute Gasteiger partial charge is 0.271 e. The Morgan fingerprint density at radius 3 is 2.71 bits per heavy atom. The second-order valence-corrected chi connectivity index (χ2v) is 10.5. The Bertz CT molecular complexity index is 943. The SMILES string of the molecule is CC1(C)C2CC=C(C=NNC(=O)c3cccc(S(=O)(=O)N4CCCC4)c3)C1C2. The van der Waals surface area contributed by atoms with Gasteiger partial charge in [-0.3, -0.25) is 4.79 Å². The Morgan fingerprint density at radius 2 is 2.04 bits per heavy atom. The maximum atomic E-state index is 12.7. The number of amides is 1. The van der Waals surface area contributed by atoms with Crippen LogP contribution in [-0.4, -0.2) is 37.9 Å². The first-order valence-electron chi connectivity index (χ1n) is 9.94. The van der Waals surface area contributed by atoms with E-state index < -0.39 is 15.9 Å². The van der Waals surface area contributed by atoms with Crippen LogP contribution < -0.4 is 5.43 Å². The molecule has 1 heterocycles. The summed E-state index contributed by atoms with van der Waals surface area (Å²) in [5.41, 5.74) is 4.31. The molecule has 1 aromatic carbocycles. The van der Waals surface area contributed by atoms with Gasteiger partial charge in [0.1, 0.15) is 0 Å². The molecular weight excluding hydrogens is 374 g/mol. The number of benzene rings is 1. The van der Waals surface area contributed by atoms with Gasteiger partial charge in [-0.25, -0.2) is 13.8 Å². The number of hydrazone groups is 1. The number of hydrogen-bond donors (Lipinski definition) is 1. The lowest BCUT2D eigenvalue weighted by Crippen LogP contribution is -2.48.